The Labute approximate surface area is 134 Å². The Morgan fingerprint density at radius 2 is 1.77 bits per heavy atom. The van der Waals surface area contributed by atoms with Crippen LogP contribution in [0.3, 0.4) is 0 Å². The summed E-state index contributed by atoms with van der Waals surface area (Å²) in [6.45, 7) is 11.3. The predicted octanol–water partition coefficient (Wildman–Crippen LogP) is 2.61. The number of primary amides is 1. The summed E-state index contributed by atoms with van der Waals surface area (Å²) < 4.78 is 0. The lowest BCUT2D eigenvalue weighted by atomic mass is 9.86. The second-order valence-corrected chi connectivity index (χ2v) is 7.22. The zero-order valence-electron chi connectivity index (χ0n) is 14.1. The van der Waals surface area contributed by atoms with E-state index in [1.807, 2.05) is 0 Å². The molecule has 2 amide bonds. The number of nitrogens with two attached hydrogens (primary N) is 1. The first kappa shape index (κ1) is 16.8. The molecule has 0 saturated carbocycles. The molecule has 0 bridgehead atoms. The van der Waals surface area contributed by atoms with Crippen LogP contribution in [0, 0.1) is 0 Å². The van der Waals surface area contributed by atoms with Gasteiger partial charge in [0.05, 0.1) is 0 Å². The van der Waals surface area contributed by atoms with Crippen LogP contribution < -0.4 is 5.73 Å². The molecule has 2 N–H and O–H groups in total. The monoisotopic (exact) mass is 303 g/mol. The van der Waals surface area contributed by atoms with Gasteiger partial charge in [-0.05, 0) is 35.9 Å². The van der Waals surface area contributed by atoms with Gasteiger partial charge in [0.2, 0.25) is 0 Å². The largest absolute Gasteiger partial charge is 0.351 e. The Balaban J connectivity index is 1.84. The molecule has 22 heavy (non-hydrogen) atoms. The fourth-order valence-electron chi connectivity index (χ4n) is 2.87. The van der Waals surface area contributed by atoms with Crippen molar-refractivity contribution in [1.29, 1.82) is 0 Å². The van der Waals surface area contributed by atoms with Crippen molar-refractivity contribution in [3.63, 3.8) is 0 Å². The van der Waals surface area contributed by atoms with E-state index < -0.39 is 0 Å². The van der Waals surface area contributed by atoms with E-state index in [1.165, 1.54) is 11.1 Å². The first-order valence-corrected chi connectivity index (χ1v) is 8.22. The summed E-state index contributed by atoms with van der Waals surface area (Å²) in [5, 5.41) is 0. The van der Waals surface area contributed by atoms with E-state index in [0.29, 0.717) is 0 Å². The van der Waals surface area contributed by atoms with Gasteiger partial charge in [-0.2, -0.15) is 0 Å². The van der Waals surface area contributed by atoms with Crippen molar-refractivity contribution in [2.45, 2.75) is 39.0 Å². The SMILES string of the molecule is CC(C)(C)c1ccc(CCN2CCCN(C(N)=O)CC2)cc1. The van der Waals surface area contributed by atoms with Crippen LogP contribution in [0.1, 0.15) is 38.3 Å². The predicted molar refractivity (Wildman–Crippen MR) is 91.1 cm³/mol. The number of hydrogen-bond donors (Lipinski definition) is 1. The molecule has 1 aromatic rings. The topological polar surface area (TPSA) is 49.6 Å². The molecule has 0 aromatic heterocycles. The number of carbonyl (C=O) groups excluding carboxylic acids is 1. The van der Waals surface area contributed by atoms with E-state index in [0.717, 1.165) is 45.6 Å². The van der Waals surface area contributed by atoms with Crippen LogP contribution in [0.5, 0.6) is 0 Å². The van der Waals surface area contributed by atoms with Gasteiger partial charge in [0, 0.05) is 26.2 Å². The zero-order chi connectivity index (χ0) is 16.2. The van der Waals surface area contributed by atoms with Crippen LogP contribution in [0.4, 0.5) is 4.79 Å². The quantitative estimate of drug-likeness (QED) is 0.933. The van der Waals surface area contributed by atoms with Gasteiger partial charge in [0.1, 0.15) is 0 Å². The van der Waals surface area contributed by atoms with Crippen LogP contribution in [0.2, 0.25) is 0 Å². The molecule has 1 aromatic carbocycles. The minimum Gasteiger partial charge on any atom is -0.351 e. The zero-order valence-corrected chi connectivity index (χ0v) is 14.1. The van der Waals surface area contributed by atoms with Gasteiger partial charge in [-0.1, -0.05) is 45.0 Å². The molecule has 0 unspecified atom stereocenters. The van der Waals surface area contributed by atoms with E-state index in [4.69, 9.17) is 5.73 Å². The third-order valence-corrected chi connectivity index (χ3v) is 4.44. The highest BCUT2D eigenvalue weighted by Gasteiger charge is 2.17. The Morgan fingerprint density at radius 1 is 1.09 bits per heavy atom. The molecule has 2 rings (SSSR count). The second-order valence-electron chi connectivity index (χ2n) is 7.22. The highest BCUT2D eigenvalue weighted by molar-refractivity contribution is 5.71. The lowest BCUT2D eigenvalue weighted by Gasteiger charge is -2.21. The summed E-state index contributed by atoms with van der Waals surface area (Å²) in [7, 11) is 0. The van der Waals surface area contributed by atoms with Crippen molar-refractivity contribution in [1.82, 2.24) is 9.80 Å². The average molecular weight is 303 g/mol. The van der Waals surface area contributed by atoms with Gasteiger partial charge in [0.15, 0.2) is 0 Å². The first-order valence-electron chi connectivity index (χ1n) is 8.22. The number of urea groups is 1. The van der Waals surface area contributed by atoms with Crippen LogP contribution in [-0.2, 0) is 11.8 Å². The molecular formula is C18H29N3O. The van der Waals surface area contributed by atoms with Crippen molar-refractivity contribution >= 4 is 6.03 Å². The summed E-state index contributed by atoms with van der Waals surface area (Å²) in [6, 6.07) is 8.68. The average Bonchev–Trinajstić information content (AvgIpc) is 2.70. The molecule has 0 radical (unpaired) electrons. The molecule has 1 fully saturated rings. The first-order chi connectivity index (χ1) is 10.4. The number of nitrogens with zero attached hydrogens (tertiary/aromatic N) is 2. The standard InChI is InChI=1S/C18H29N3O/c1-18(2,3)16-7-5-15(6-8-16)9-12-20-10-4-11-21(14-13-20)17(19)22/h5-8H,4,9-14H2,1-3H3,(H2,19,22). The number of carbonyl (C=O) groups is 1. The molecule has 122 valence electrons. The molecule has 0 atom stereocenters. The number of hydrogen-bond acceptors (Lipinski definition) is 2. The number of rotatable bonds is 3. The normalized spacial score (nSPS) is 17.3. The van der Waals surface area contributed by atoms with Crippen LogP contribution in [0.15, 0.2) is 24.3 Å². The fraction of sp³-hybridized carbons (Fsp3) is 0.611. The summed E-state index contributed by atoms with van der Waals surface area (Å²) in [6.07, 6.45) is 2.06. The maximum Gasteiger partial charge on any atom is 0.314 e. The van der Waals surface area contributed by atoms with E-state index >= 15 is 0 Å². The van der Waals surface area contributed by atoms with Crippen molar-refractivity contribution < 1.29 is 4.79 Å². The second kappa shape index (κ2) is 7.14. The fourth-order valence-corrected chi connectivity index (χ4v) is 2.87. The van der Waals surface area contributed by atoms with Gasteiger partial charge in [-0.15, -0.1) is 0 Å². The van der Waals surface area contributed by atoms with Gasteiger partial charge >= 0.3 is 6.03 Å². The molecule has 1 aliphatic rings. The maximum atomic E-state index is 11.2. The molecular weight excluding hydrogens is 274 g/mol. The van der Waals surface area contributed by atoms with Gasteiger partial charge in [0.25, 0.3) is 0 Å². The van der Waals surface area contributed by atoms with Gasteiger partial charge in [-0.25, -0.2) is 4.79 Å². The smallest absolute Gasteiger partial charge is 0.314 e. The minimum absolute atomic E-state index is 0.210. The van der Waals surface area contributed by atoms with E-state index in [1.54, 1.807) is 4.90 Å². The Kier molecular flexibility index (Phi) is 5.46. The molecule has 1 saturated heterocycles. The third-order valence-electron chi connectivity index (χ3n) is 4.44. The molecule has 0 spiro atoms. The Hall–Kier alpha value is -1.55. The van der Waals surface area contributed by atoms with Crippen molar-refractivity contribution in [3.8, 4) is 0 Å². The van der Waals surface area contributed by atoms with E-state index in [2.05, 4.69) is 49.9 Å². The van der Waals surface area contributed by atoms with Crippen molar-refractivity contribution in [2.75, 3.05) is 32.7 Å². The van der Waals surface area contributed by atoms with Crippen LogP contribution in [-0.4, -0.2) is 48.6 Å². The van der Waals surface area contributed by atoms with Crippen molar-refractivity contribution in [2.24, 2.45) is 5.73 Å². The van der Waals surface area contributed by atoms with E-state index in [9.17, 15) is 4.79 Å². The third kappa shape index (κ3) is 4.73. The maximum absolute atomic E-state index is 11.2. The Morgan fingerprint density at radius 3 is 2.36 bits per heavy atom. The molecule has 4 heteroatoms. The van der Waals surface area contributed by atoms with Gasteiger partial charge in [-0.3, -0.25) is 0 Å². The van der Waals surface area contributed by atoms with Crippen molar-refractivity contribution in [3.05, 3.63) is 35.4 Å². The summed E-state index contributed by atoms with van der Waals surface area (Å²) in [5.74, 6) is 0. The minimum atomic E-state index is -0.292. The summed E-state index contributed by atoms with van der Waals surface area (Å²) in [4.78, 5) is 15.4. The summed E-state index contributed by atoms with van der Waals surface area (Å²) in [5.41, 5.74) is 8.33. The molecule has 0 aliphatic carbocycles. The lowest BCUT2D eigenvalue weighted by molar-refractivity contribution is 0.207. The number of amides is 2. The number of benzene rings is 1. The molecule has 4 nitrogen and oxygen atoms in total. The highest BCUT2D eigenvalue weighted by atomic mass is 16.2. The van der Waals surface area contributed by atoms with E-state index in [-0.39, 0.29) is 11.4 Å². The highest BCUT2D eigenvalue weighted by Crippen LogP contribution is 2.22. The molecule has 1 heterocycles. The Bertz CT molecular complexity index is 490. The lowest BCUT2D eigenvalue weighted by Crippen LogP contribution is -2.38. The van der Waals surface area contributed by atoms with Crippen LogP contribution >= 0.6 is 0 Å². The molecule has 1 aliphatic heterocycles. The van der Waals surface area contributed by atoms with Crippen LogP contribution in [0.25, 0.3) is 0 Å². The van der Waals surface area contributed by atoms with Gasteiger partial charge < -0.3 is 15.5 Å². The summed E-state index contributed by atoms with van der Waals surface area (Å²) >= 11 is 0.